The molecule has 9 nitrogen and oxygen atoms in total. The van der Waals surface area contributed by atoms with Crippen LogP contribution in [0.3, 0.4) is 0 Å². The number of carbonyl (C=O) groups is 1. The maximum Gasteiger partial charge on any atom is 0.239 e. The lowest BCUT2D eigenvalue weighted by Gasteiger charge is -2.15. The van der Waals surface area contributed by atoms with Crippen molar-refractivity contribution in [2.24, 2.45) is 5.92 Å². The summed E-state index contributed by atoms with van der Waals surface area (Å²) in [4.78, 5) is 25.5. The number of carbonyl (C=O) groups excluding carboxylic acids is 1. The van der Waals surface area contributed by atoms with Crippen molar-refractivity contribution < 1.29 is 4.79 Å². The van der Waals surface area contributed by atoms with Crippen LogP contribution in [-0.4, -0.2) is 32.0 Å². The highest BCUT2D eigenvalue weighted by Crippen LogP contribution is 2.22. The molecule has 4 aromatic rings. The minimum absolute atomic E-state index is 0.0560. The number of anilines is 2. The van der Waals surface area contributed by atoms with Gasteiger partial charge < -0.3 is 20.5 Å². The second-order valence-electron chi connectivity index (χ2n) is 9.92. The van der Waals surface area contributed by atoms with Crippen LogP contribution in [0.25, 0.3) is 5.82 Å². The van der Waals surface area contributed by atoms with Crippen molar-refractivity contribution in [3.63, 3.8) is 0 Å². The molecule has 3 N–H and O–H groups in total. The van der Waals surface area contributed by atoms with Gasteiger partial charge in [-0.05, 0) is 47.4 Å². The fraction of sp³-hybridized carbons (Fsp3) is 0.343. The number of rotatable bonds is 9. The molecule has 1 aromatic carbocycles. The van der Waals surface area contributed by atoms with Gasteiger partial charge in [-0.15, -0.1) is 12.8 Å². The Morgan fingerprint density at radius 2 is 1.66 bits per heavy atom. The van der Waals surface area contributed by atoms with E-state index in [0.29, 0.717) is 36.2 Å². The van der Waals surface area contributed by atoms with Gasteiger partial charge in [0.1, 0.15) is 11.6 Å². The van der Waals surface area contributed by atoms with E-state index in [1.807, 2.05) is 67.2 Å². The number of nitriles is 1. The van der Waals surface area contributed by atoms with Gasteiger partial charge in [0.25, 0.3) is 0 Å². The number of aromatic nitrogens is 4. The molecule has 3 heterocycles. The van der Waals surface area contributed by atoms with Crippen LogP contribution in [0, 0.1) is 30.1 Å². The zero-order valence-electron chi connectivity index (χ0n) is 26.0. The fourth-order valence-electron chi connectivity index (χ4n) is 4.35. The van der Waals surface area contributed by atoms with E-state index >= 15 is 0 Å². The van der Waals surface area contributed by atoms with Crippen molar-refractivity contribution in [2.75, 3.05) is 17.2 Å². The number of benzene rings is 1. The Labute approximate surface area is 262 Å². The van der Waals surface area contributed by atoms with E-state index in [2.05, 4.69) is 56.7 Å². The molecule has 0 atom stereocenters. The molecule has 1 fully saturated rings. The molecular weight excluding hydrogens is 548 g/mol. The second kappa shape index (κ2) is 20.7. The van der Waals surface area contributed by atoms with Gasteiger partial charge in [-0.25, -0.2) is 0 Å². The van der Waals surface area contributed by atoms with Crippen LogP contribution in [0.1, 0.15) is 69.6 Å². The van der Waals surface area contributed by atoms with Crippen molar-refractivity contribution in [1.29, 1.82) is 5.26 Å². The molecule has 9 heteroatoms. The van der Waals surface area contributed by atoms with E-state index in [1.165, 1.54) is 32.1 Å². The number of hydrogen-bond donors (Lipinski definition) is 3. The Hall–Kier alpha value is -5.15. The average molecular weight is 593 g/mol. The molecule has 1 aliphatic carbocycles. The number of nitrogens with one attached hydrogen (secondary N) is 3. The average Bonchev–Trinajstić information content (AvgIpc) is 3.64. The summed E-state index contributed by atoms with van der Waals surface area (Å²) in [6, 6.07) is 18.6. The summed E-state index contributed by atoms with van der Waals surface area (Å²) in [7, 11) is 0. The highest BCUT2D eigenvalue weighted by Gasteiger charge is 2.09. The van der Waals surface area contributed by atoms with Crippen LogP contribution in [0.2, 0.25) is 0 Å². The third-order valence-corrected chi connectivity index (χ3v) is 6.65. The van der Waals surface area contributed by atoms with E-state index in [1.54, 1.807) is 30.6 Å². The molecule has 1 amide bonds. The molecule has 3 aromatic heterocycles. The first kappa shape index (κ1) is 35.0. The molecule has 44 heavy (non-hydrogen) atoms. The van der Waals surface area contributed by atoms with Crippen LogP contribution >= 0.6 is 0 Å². The third-order valence-electron chi connectivity index (χ3n) is 6.65. The number of nitrogens with zero attached hydrogens (tertiary/aromatic N) is 5. The SMILES string of the molecule is C#C.CC.CC1CCCCC1.N#Cc1ccc(CNC(=O)CNc2cc(-n3cccc3)nc(NCc3cccnc3)n2)cc1. The van der Waals surface area contributed by atoms with Gasteiger partial charge in [0.05, 0.1) is 18.2 Å². The Kier molecular flexibility index (Phi) is 16.5. The highest BCUT2D eigenvalue weighted by molar-refractivity contribution is 5.80. The molecule has 0 saturated heterocycles. The van der Waals surface area contributed by atoms with Crippen LogP contribution in [-0.2, 0) is 17.9 Å². The van der Waals surface area contributed by atoms with Gasteiger partial charge in [0.2, 0.25) is 11.9 Å². The van der Waals surface area contributed by atoms with Crippen molar-refractivity contribution in [2.45, 2.75) is 66.0 Å². The Morgan fingerprint density at radius 3 is 2.25 bits per heavy atom. The van der Waals surface area contributed by atoms with Crippen molar-refractivity contribution in [3.05, 3.63) is 96.1 Å². The first-order chi connectivity index (χ1) is 21.6. The Morgan fingerprint density at radius 1 is 0.955 bits per heavy atom. The smallest absolute Gasteiger partial charge is 0.239 e. The van der Waals surface area contributed by atoms with E-state index in [9.17, 15) is 4.79 Å². The normalized spacial score (nSPS) is 11.9. The number of amides is 1. The minimum Gasteiger partial charge on any atom is -0.361 e. The van der Waals surface area contributed by atoms with Crippen LogP contribution in [0.15, 0.2) is 79.4 Å². The summed E-state index contributed by atoms with van der Waals surface area (Å²) in [6.07, 6.45) is 22.7. The topological polar surface area (TPSA) is 121 Å². The quantitative estimate of drug-likeness (QED) is 0.184. The first-order valence-corrected chi connectivity index (χ1v) is 15.1. The Bertz CT molecular complexity index is 1400. The lowest BCUT2D eigenvalue weighted by atomic mass is 9.91. The molecule has 0 radical (unpaired) electrons. The van der Waals surface area contributed by atoms with Gasteiger partial charge >= 0.3 is 0 Å². The standard InChI is InChI=1S/C24H22N8O.C7H14.C2H6.C2H2/c25-13-18-5-7-19(8-6-18)15-28-23(33)17-27-21-12-22(32-10-1-2-11-32)31-24(30-21)29-16-20-4-3-9-26-14-20;1-7-5-3-2-4-6-7;2*1-2/h1-12,14H,15-17H2,(H,28,33)(H2,27,29,30,31);7H,2-6H2,1H3;1-2H3;1-2H. The van der Waals surface area contributed by atoms with Gasteiger partial charge in [-0.3, -0.25) is 9.78 Å². The van der Waals surface area contributed by atoms with E-state index in [0.717, 1.165) is 17.0 Å². The van der Waals surface area contributed by atoms with Gasteiger partial charge in [0.15, 0.2) is 0 Å². The lowest BCUT2D eigenvalue weighted by molar-refractivity contribution is -0.119. The highest BCUT2D eigenvalue weighted by atomic mass is 16.1. The third kappa shape index (κ3) is 12.8. The molecule has 0 unspecified atom stereocenters. The molecule has 0 spiro atoms. The minimum atomic E-state index is -0.176. The lowest BCUT2D eigenvalue weighted by Crippen LogP contribution is -2.29. The van der Waals surface area contributed by atoms with Gasteiger partial charge in [-0.1, -0.05) is 71.1 Å². The summed E-state index contributed by atoms with van der Waals surface area (Å²) in [5.74, 6) is 2.49. The maximum absolute atomic E-state index is 12.3. The van der Waals surface area contributed by atoms with Crippen LogP contribution in [0.5, 0.6) is 0 Å². The zero-order valence-corrected chi connectivity index (χ0v) is 26.0. The monoisotopic (exact) mass is 592 g/mol. The number of hydrogen-bond acceptors (Lipinski definition) is 7. The maximum atomic E-state index is 12.3. The second-order valence-corrected chi connectivity index (χ2v) is 9.92. The summed E-state index contributed by atoms with van der Waals surface area (Å²) < 4.78 is 1.87. The summed E-state index contributed by atoms with van der Waals surface area (Å²) in [5, 5.41) is 18.0. The fourth-order valence-corrected chi connectivity index (χ4v) is 4.35. The summed E-state index contributed by atoms with van der Waals surface area (Å²) in [6.45, 7) is 7.32. The first-order valence-electron chi connectivity index (χ1n) is 15.1. The molecule has 1 aliphatic rings. The molecule has 0 bridgehead atoms. The number of terminal acetylenes is 1. The molecule has 1 saturated carbocycles. The van der Waals surface area contributed by atoms with Crippen LogP contribution < -0.4 is 16.0 Å². The summed E-state index contributed by atoms with van der Waals surface area (Å²) in [5.41, 5.74) is 2.51. The Balaban J connectivity index is 0.000000526. The molecule has 5 rings (SSSR count). The van der Waals surface area contributed by atoms with E-state index < -0.39 is 0 Å². The van der Waals surface area contributed by atoms with Crippen molar-refractivity contribution in [1.82, 2.24) is 24.8 Å². The zero-order chi connectivity index (χ0) is 32.0. The van der Waals surface area contributed by atoms with E-state index in [-0.39, 0.29) is 12.5 Å². The number of pyridine rings is 1. The molecule has 230 valence electrons. The predicted octanol–water partition coefficient (Wildman–Crippen LogP) is 6.74. The van der Waals surface area contributed by atoms with Crippen LogP contribution in [0.4, 0.5) is 11.8 Å². The van der Waals surface area contributed by atoms with Crippen molar-refractivity contribution >= 4 is 17.7 Å². The van der Waals surface area contributed by atoms with E-state index in [4.69, 9.17) is 5.26 Å². The van der Waals surface area contributed by atoms with Crippen molar-refractivity contribution in [3.8, 4) is 24.7 Å². The largest absolute Gasteiger partial charge is 0.361 e. The molecule has 0 aliphatic heterocycles. The predicted molar refractivity (Wildman–Crippen MR) is 178 cm³/mol. The van der Waals surface area contributed by atoms with Gasteiger partial charge in [0, 0.05) is 43.9 Å². The van der Waals surface area contributed by atoms with Gasteiger partial charge in [-0.2, -0.15) is 15.2 Å². The summed E-state index contributed by atoms with van der Waals surface area (Å²) >= 11 is 0. The molecular formula is C35H44N8O.